The number of rotatable bonds is 4. The molecule has 5 heteroatoms. The van der Waals surface area contributed by atoms with Gasteiger partial charge in [0.15, 0.2) is 0 Å². The van der Waals surface area contributed by atoms with E-state index in [9.17, 15) is 4.79 Å². The van der Waals surface area contributed by atoms with Crippen LogP contribution in [0, 0.1) is 16.7 Å². The molecule has 0 radical (unpaired) electrons. The van der Waals surface area contributed by atoms with E-state index in [1.807, 2.05) is 4.90 Å². The van der Waals surface area contributed by atoms with Crippen molar-refractivity contribution < 1.29 is 4.79 Å². The van der Waals surface area contributed by atoms with Crippen LogP contribution < -0.4 is 5.43 Å². The van der Waals surface area contributed by atoms with Crippen LogP contribution in [0.15, 0.2) is 16.5 Å². The Bertz CT molecular complexity index is 652. The zero-order valence-corrected chi connectivity index (χ0v) is 14.4. The molecule has 0 aromatic heterocycles. The van der Waals surface area contributed by atoms with E-state index in [0.717, 1.165) is 24.0 Å². The third-order valence-corrected chi connectivity index (χ3v) is 6.81. The maximum Gasteiger partial charge on any atom is 0.272 e. The summed E-state index contributed by atoms with van der Waals surface area (Å²) >= 11 is 0. The van der Waals surface area contributed by atoms with Crippen molar-refractivity contribution in [3.8, 4) is 0 Å². The Morgan fingerprint density at radius 2 is 1.87 bits per heavy atom. The fraction of sp³-hybridized carbons (Fsp3) is 0.778. The first-order valence-corrected chi connectivity index (χ1v) is 9.07. The van der Waals surface area contributed by atoms with Crippen molar-refractivity contribution in [2.24, 2.45) is 21.8 Å². The molecular formula is C18H26N4O. The lowest BCUT2D eigenvalue weighted by molar-refractivity contribution is -0.136. The average Bonchev–Trinajstić information content (AvgIpc) is 3.37. The van der Waals surface area contributed by atoms with E-state index >= 15 is 0 Å². The maximum absolute atomic E-state index is 13.1. The number of hydrogen-bond acceptors (Lipinski definition) is 4. The van der Waals surface area contributed by atoms with Gasteiger partial charge in [-0.1, -0.05) is 6.92 Å². The molecule has 5 nitrogen and oxygen atoms in total. The van der Waals surface area contributed by atoms with Crippen LogP contribution in [0.1, 0.15) is 59.3 Å². The highest BCUT2D eigenvalue weighted by Gasteiger charge is 2.62. The third-order valence-electron chi connectivity index (χ3n) is 6.81. The number of carbonyl (C=O) groups is 1. The first-order chi connectivity index (χ1) is 11.0. The van der Waals surface area contributed by atoms with Gasteiger partial charge in [-0.15, -0.1) is 0 Å². The number of carbonyl (C=O) groups excluding carboxylic acids is 1. The summed E-state index contributed by atoms with van der Waals surface area (Å²) in [6.07, 6.45) is 7.30. The summed E-state index contributed by atoms with van der Waals surface area (Å²) in [6.45, 7) is 7.39. The fourth-order valence-corrected chi connectivity index (χ4v) is 4.44. The highest BCUT2D eigenvalue weighted by molar-refractivity contribution is 5.99. The summed E-state index contributed by atoms with van der Waals surface area (Å²) in [5, 5.41) is 4.67. The molecule has 0 aromatic rings. The molecule has 2 aliphatic heterocycles. The molecule has 3 saturated carbocycles. The van der Waals surface area contributed by atoms with Crippen LogP contribution in [0.4, 0.5) is 0 Å². The number of nitrogens with one attached hydrogen (secondary N) is 1. The van der Waals surface area contributed by atoms with Crippen LogP contribution in [-0.4, -0.2) is 34.3 Å². The van der Waals surface area contributed by atoms with E-state index in [-0.39, 0.29) is 17.5 Å². The van der Waals surface area contributed by atoms with E-state index in [4.69, 9.17) is 0 Å². The zero-order valence-electron chi connectivity index (χ0n) is 14.4. The number of hydrazone groups is 1. The van der Waals surface area contributed by atoms with Crippen LogP contribution in [-0.2, 0) is 4.79 Å². The van der Waals surface area contributed by atoms with Crippen LogP contribution in [0.5, 0.6) is 0 Å². The topological polar surface area (TPSA) is 47.9 Å². The SMILES string of the molecule is CC1=C(C)N2C(C3(C4CC4)CC3)=NNC2C(=O)N1CC1(C)CC1. The highest BCUT2D eigenvalue weighted by Crippen LogP contribution is 2.63. The minimum atomic E-state index is -0.313. The molecule has 3 fully saturated rings. The Balaban J connectivity index is 1.48. The van der Waals surface area contributed by atoms with Gasteiger partial charge in [-0.3, -0.25) is 15.1 Å². The number of hydrogen-bond donors (Lipinski definition) is 1. The zero-order chi connectivity index (χ0) is 16.0. The molecule has 0 spiro atoms. The average molecular weight is 314 g/mol. The molecule has 3 aliphatic carbocycles. The van der Waals surface area contributed by atoms with Crippen molar-refractivity contribution in [1.82, 2.24) is 15.2 Å². The van der Waals surface area contributed by atoms with E-state index < -0.39 is 0 Å². The van der Waals surface area contributed by atoms with Gasteiger partial charge in [-0.2, -0.15) is 5.10 Å². The van der Waals surface area contributed by atoms with E-state index in [2.05, 4.69) is 36.2 Å². The predicted molar refractivity (Wildman–Crippen MR) is 88.0 cm³/mol. The standard InChI is InChI=1S/C18H26N4O/c1-11-12(2)22-14(15(23)21(11)10-17(3)6-7-17)19-20-16(22)18(8-9-18)13-4-5-13/h13-14,19H,4-10H2,1-3H3. The minimum absolute atomic E-state index is 0.173. The maximum atomic E-state index is 13.1. The summed E-state index contributed by atoms with van der Waals surface area (Å²) in [6, 6.07) is 0. The molecule has 0 saturated heterocycles. The van der Waals surface area contributed by atoms with Crippen molar-refractivity contribution in [2.45, 2.75) is 65.5 Å². The minimum Gasteiger partial charge on any atom is -0.311 e. The van der Waals surface area contributed by atoms with Gasteiger partial charge in [0.1, 0.15) is 5.84 Å². The number of amides is 1. The first-order valence-electron chi connectivity index (χ1n) is 9.07. The molecule has 1 N–H and O–H groups in total. The van der Waals surface area contributed by atoms with E-state index in [0.29, 0.717) is 5.41 Å². The van der Waals surface area contributed by atoms with Crippen molar-refractivity contribution in [2.75, 3.05) is 6.54 Å². The van der Waals surface area contributed by atoms with Crippen LogP contribution in [0.2, 0.25) is 0 Å². The molecule has 5 rings (SSSR count). The van der Waals surface area contributed by atoms with Crippen molar-refractivity contribution >= 4 is 11.7 Å². The highest BCUT2D eigenvalue weighted by atomic mass is 16.2. The van der Waals surface area contributed by atoms with Crippen molar-refractivity contribution in [3.63, 3.8) is 0 Å². The number of amidine groups is 1. The van der Waals surface area contributed by atoms with Crippen molar-refractivity contribution in [1.29, 1.82) is 0 Å². The monoisotopic (exact) mass is 314 g/mol. The Kier molecular flexibility index (Phi) is 2.48. The lowest BCUT2D eigenvalue weighted by Crippen LogP contribution is -2.57. The summed E-state index contributed by atoms with van der Waals surface area (Å²) in [7, 11) is 0. The fourth-order valence-electron chi connectivity index (χ4n) is 4.44. The van der Waals surface area contributed by atoms with Gasteiger partial charge >= 0.3 is 0 Å². The second kappa shape index (κ2) is 4.11. The normalized spacial score (nSPS) is 33.4. The summed E-state index contributed by atoms with van der Waals surface area (Å²) in [5.41, 5.74) is 6.08. The molecule has 1 atom stereocenters. The van der Waals surface area contributed by atoms with Gasteiger partial charge in [-0.05, 0) is 63.7 Å². The number of fused-ring (bicyclic) bond motifs is 1. The molecule has 1 amide bonds. The molecular weight excluding hydrogens is 288 g/mol. The molecule has 1 unspecified atom stereocenters. The largest absolute Gasteiger partial charge is 0.311 e. The van der Waals surface area contributed by atoms with Gasteiger partial charge in [0.25, 0.3) is 5.91 Å². The van der Waals surface area contributed by atoms with Gasteiger partial charge in [-0.25, -0.2) is 0 Å². The van der Waals surface area contributed by atoms with Gasteiger partial charge in [0.2, 0.25) is 6.17 Å². The lowest BCUT2D eigenvalue weighted by atomic mass is 9.96. The quantitative estimate of drug-likeness (QED) is 0.868. The second-order valence-corrected chi connectivity index (χ2v) is 8.67. The third kappa shape index (κ3) is 1.85. The second-order valence-electron chi connectivity index (χ2n) is 8.67. The molecule has 0 bridgehead atoms. The number of nitrogens with zero attached hydrogens (tertiary/aromatic N) is 3. The molecule has 0 aromatic carbocycles. The predicted octanol–water partition coefficient (Wildman–Crippen LogP) is 2.62. The van der Waals surface area contributed by atoms with Crippen molar-refractivity contribution in [3.05, 3.63) is 11.4 Å². The Hall–Kier alpha value is -1.52. The van der Waals surface area contributed by atoms with Gasteiger partial charge in [0, 0.05) is 23.4 Å². The smallest absolute Gasteiger partial charge is 0.272 e. The first kappa shape index (κ1) is 13.9. The summed E-state index contributed by atoms with van der Waals surface area (Å²) in [5.74, 6) is 2.12. The molecule has 23 heavy (non-hydrogen) atoms. The Morgan fingerprint density at radius 3 is 2.43 bits per heavy atom. The van der Waals surface area contributed by atoms with Crippen LogP contribution in [0.3, 0.4) is 0 Å². The van der Waals surface area contributed by atoms with E-state index in [1.165, 1.54) is 44.2 Å². The summed E-state index contributed by atoms with van der Waals surface area (Å²) < 4.78 is 0. The van der Waals surface area contributed by atoms with Crippen LogP contribution in [0.25, 0.3) is 0 Å². The van der Waals surface area contributed by atoms with Gasteiger partial charge < -0.3 is 4.90 Å². The number of allylic oxidation sites excluding steroid dienone is 2. The lowest BCUT2D eigenvalue weighted by Gasteiger charge is -2.41. The molecule has 5 aliphatic rings. The Labute approximate surface area is 137 Å². The van der Waals surface area contributed by atoms with E-state index in [1.54, 1.807) is 0 Å². The molecule has 124 valence electrons. The van der Waals surface area contributed by atoms with Gasteiger partial charge in [0.05, 0.1) is 0 Å². The Morgan fingerprint density at radius 1 is 1.17 bits per heavy atom. The molecule has 2 heterocycles. The summed E-state index contributed by atoms with van der Waals surface area (Å²) in [4.78, 5) is 17.3. The van der Waals surface area contributed by atoms with Crippen LogP contribution >= 0.6 is 0 Å².